The van der Waals surface area contributed by atoms with Crippen LogP contribution in [-0.2, 0) is 10.0 Å². The third-order valence-electron chi connectivity index (χ3n) is 3.76. The number of benzene rings is 2. The summed E-state index contributed by atoms with van der Waals surface area (Å²) in [5.74, 6) is -1.51. The van der Waals surface area contributed by atoms with E-state index >= 15 is 0 Å². The van der Waals surface area contributed by atoms with Gasteiger partial charge in [0, 0.05) is 22.2 Å². The molecule has 3 rings (SSSR count). The van der Waals surface area contributed by atoms with Gasteiger partial charge in [-0.15, -0.1) is 11.3 Å². The van der Waals surface area contributed by atoms with E-state index in [9.17, 15) is 17.2 Å². The highest BCUT2D eigenvalue weighted by Crippen LogP contribution is 2.32. The smallest absolute Gasteiger partial charge is 0.266 e. The quantitative estimate of drug-likeness (QED) is 0.491. The zero-order chi connectivity index (χ0) is 20.5. The average molecular weight is 464 g/mol. The Morgan fingerprint density at radius 2 is 1.89 bits per heavy atom. The van der Waals surface area contributed by atoms with E-state index in [1.165, 1.54) is 24.4 Å². The molecule has 1 atom stereocenters. The second-order valence-electron chi connectivity index (χ2n) is 5.74. The van der Waals surface area contributed by atoms with Gasteiger partial charge in [0.2, 0.25) is 0 Å². The molecule has 0 saturated heterocycles. The van der Waals surface area contributed by atoms with Crippen molar-refractivity contribution in [2.45, 2.75) is 17.9 Å². The second-order valence-corrected chi connectivity index (χ2v) is 9.13. The number of anilines is 2. The standard InChI is InChI=1S/C17H13Cl2F2N3O2S2/c1-9(11-6-10(18)2-3-13(11)20)23-15-8-14(21)16(7-12(15)19)28(25,26)24-17-22-4-5-27-17/h2-9,23H,1H3,(H,22,24)/t9-/m0/s1. The maximum absolute atomic E-state index is 14.5. The van der Waals surface area contributed by atoms with Crippen LogP contribution in [0.1, 0.15) is 18.5 Å². The van der Waals surface area contributed by atoms with Crippen LogP contribution in [0.5, 0.6) is 0 Å². The molecule has 28 heavy (non-hydrogen) atoms. The number of aromatic nitrogens is 1. The van der Waals surface area contributed by atoms with E-state index in [4.69, 9.17) is 23.2 Å². The SMILES string of the molecule is C[C@H](Nc1cc(F)c(S(=O)(=O)Nc2nccs2)cc1Cl)c1cc(Cl)ccc1F. The van der Waals surface area contributed by atoms with Gasteiger partial charge in [-0.05, 0) is 37.3 Å². The molecule has 0 fully saturated rings. The molecule has 0 bridgehead atoms. The van der Waals surface area contributed by atoms with E-state index in [-0.39, 0.29) is 21.4 Å². The van der Waals surface area contributed by atoms with E-state index in [1.54, 1.807) is 12.3 Å². The number of halogens is 4. The van der Waals surface area contributed by atoms with E-state index < -0.39 is 32.6 Å². The van der Waals surface area contributed by atoms with Crippen molar-refractivity contribution < 1.29 is 17.2 Å². The highest BCUT2D eigenvalue weighted by Gasteiger charge is 2.23. The average Bonchev–Trinajstić information content (AvgIpc) is 3.11. The minimum atomic E-state index is -4.21. The molecule has 0 spiro atoms. The molecule has 0 saturated carbocycles. The lowest BCUT2D eigenvalue weighted by atomic mass is 10.1. The third kappa shape index (κ3) is 4.54. The van der Waals surface area contributed by atoms with Crippen LogP contribution in [0.4, 0.5) is 19.6 Å². The van der Waals surface area contributed by atoms with Crippen molar-refractivity contribution in [3.05, 3.63) is 69.2 Å². The molecule has 0 amide bonds. The monoisotopic (exact) mass is 463 g/mol. The first-order valence-corrected chi connectivity index (χ1v) is 10.9. The molecule has 0 unspecified atom stereocenters. The number of nitrogens with one attached hydrogen (secondary N) is 2. The molecule has 148 valence electrons. The Morgan fingerprint density at radius 3 is 2.57 bits per heavy atom. The third-order valence-corrected chi connectivity index (χ3v) is 6.48. The van der Waals surface area contributed by atoms with Gasteiger partial charge in [-0.3, -0.25) is 4.72 Å². The molecule has 0 aliphatic rings. The van der Waals surface area contributed by atoms with Gasteiger partial charge in [-0.25, -0.2) is 22.2 Å². The van der Waals surface area contributed by atoms with Crippen molar-refractivity contribution in [3.8, 4) is 0 Å². The molecule has 0 radical (unpaired) electrons. The number of nitrogens with zero attached hydrogens (tertiary/aromatic N) is 1. The molecule has 0 aliphatic heterocycles. The summed E-state index contributed by atoms with van der Waals surface area (Å²) in [6.45, 7) is 1.64. The molecular weight excluding hydrogens is 451 g/mol. The first-order chi connectivity index (χ1) is 13.2. The summed E-state index contributed by atoms with van der Waals surface area (Å²) in [5.41, 5.74) is 0.366. The van der Waals surface area contributed by atoms with E-state index in [0.717, 1.165) is 23.5 Å². The van der Waals surface area contributed by atoms with Crippen LogP contribution in [0.25, 0.3) is 0 Å². The van der Waals surface area contributed by atoms with Crippen molar-refractivity contribution in [3.63, 3.8) is 0 Å². The fraction of sp³-hybridized carbons (Fsp3) is 0.118. The van der Waals surface area contributed by atoms with E-state index in [1.807, 2.05) is 0 Å². The van der Waals surface area contributed by atoms with E-state index in [0.29, 0.717) is 5.02 Å². The molecule has 2 aromatic carbocycles. The Morgan fingerprint density at radius 1 is 1.14 bits per heavy atom. The Hall–Kier alpha value is -1.94. The Balaban J connectivity index is 1.88. The van der Waals surface area contributed by atoms with Crippen LogP contribution in [0.2, 0.25) is 10.0 Å². The highest BCUT2D eigenvalue weighted by molar-refractivity contribution is 7.93. The first-order valence-electron chi connectivity index (χ1n) is 7.80. The molecule has 0 aliphatic carbocycles. The predicted molar refractivity (Wildman–Crippen MR) is 108 cm³/mol. The zero-order valence-electron chi connectivity index (χ0n) is 14.2. The number of sulfonamides is 1. The first kappa shape index (κ1) is 20.8. The summed E-state index contributed by atoms with van der Waals surface area (Å²) >= 11 is 13.1. The van der Waals surface area contributed by atoms with Crippen LogP contribution in [-0.4, -0.2) is 13.4 Å². The lowest BCUT2D eigenvalue weighted by Gasteiger charge is -2.18. The summed E-state index contributed by atoms with van der Waals surface area (Å²) < 4.78 is 55.5. The maximum atomic E-state index is 14.5. The maximum Gasteiger partial charge on any atom is 0.266 e. The molecule has 11 heteroatoms. The lowest BCUT2D eigenvalue weighted by Crippen LogP contribution is -2.15. The Kier molecular flexibility index (Phi) is 6.09. The summed E-state index contributed by atoms with van der Waals surface area (Å²) in [6, 6.07) is 5.39. The number of rotatable bonds is 6. The normalized spacial score (nSPS) is 12.6. The molecule has 1 aromatic heterocycles. The second kappa shape index (κ2) is 8.20. The van der Waals surface area contributed by atoms with Crippen LogP contribution < -0.4 is 10.0 Å². The summed E-state index contributed by atoms with van der Waals surface area (Å²) in [5, 5.41) is 4.84. The van der Waals surface area contributed by atoms with Crippen molar-refractivity contribution in [2.24, 2.45) is 0 Å². The van der Waals surface area contributed by atoms with Crippen LogP contribution >= 0.6 is 34.5 Å². The minimum Gasteiger partial charge on any atom is -0.377 e. The summed E-state index contributed by atoms with van der Waals surface area (Å²) in [6.07, 6.45) is 1.41. The van der Waals surface area contributed by atoms with E-state index in [2.05, 4.69) is 15.0 Å². The van der Waals surface area contributed by atoms with Crippen LogP contribution in [0, 0.1) is 11.6 Å². The van der Waals surface area contributed by atoms with Gasteiger partial charge in [0.25, 0.3) is 10.0 Å². The number of hydrogen-bond acceptors (Lipinski definition) is 5. The summed E-state index contributed by atoms with van der Waals surface area (Å²) in [4.78, 5) is 3.17. The summed E-state index contributed by atoms with van der Waals surface area (Å²) in [7, 11) is -4.21. The molecule has 2 N–H and O–H groups in total. The van der Waals surface area contributed by atoms with Gasteiger partial charge in [0.15, 0.2) is 5.13 Å². The van der Waals surface area contributed by atoms with Crippen molar-refractivity contribution in [1.29, 1.82) is 0 Å². The van der Waals surface area contributed by atoms with Gasteiger partial charge in [-0.1, -0.05) is 23.2 Å². The highest BCUT2D eigenvalue weighted by atomic mass is 35.5. The number of thiazole rings is 1. The molecule has 5 nitrogen and oxygen atoms in total. The topological polar surface area (TPSA) is 71.1 Å². The zero-order valence-corrected chi connectivity index (χ0v) is 17.4. The van der Waals surface area contributed by atoms with Gasteiger partial charge in [0.05, 0.1) is 16.8 Å². The van der Waals surface area contributed by atoms with Crippen LogP contribution in [0.3, 0.4) is 0 Å². The van der Waals surface area contributed by atoms with Crippen molar-refractivity contribution in [1.82, 2.24) is 4.98 Å². The molecule has 1 heterocycles. The minimum absolute atomic E-state index is 0.0461. The largest absolute Gasteiger partial charge is 0.377 e. The fourth-order valence-electron chi connectivity index (χ4n) is 2.45. The lowest BCUT2D eigenvalue weighted by molar-refractivity contribution is 0.570. The Labute approximate surface area is 174 Å². The number of hydrogen-bond donors (Lipinski definition) is 2. The molecule has 3 aromatic rings. The fourth-order valence-corrected chi connectivity index (χ4v) is 4.78. The van der Waals surface area contributed by atoms with Gasteiger partial charge in [0.1, 0.15) is 16.5 Å². The predicted octanol–water partition coefficient (Wildman–Crippen LogP) is 5.70. The van der Waals surface area contributed by atoms with Crippen molar-refractivity contribution >= 4 is 55.4 Å². The van der Waals surface area contributed by atoms with Gasteiger partial charge < -0.3 is 5.32 Å². The van der Waals surface area contributed by atoms with Gasteiger partial charge in [-0.2, -0.15) is 0 Å². The van der Waals surface area contributed by atoms with Crippen molar-refractivity contribution in [2.75, 3.05) is 10.0 Å². The van der Waals surface area contributed by atoms with Crippen LogP contribution in [0.15, 0.2) is 46.8 Å². The Bertz CT molecular complexity index is 1110. The van der Waals surface area contributed by atoms with Gasteiger partial charge >= 0.3 is 0 Å². The molecular formula is C17H13Cl2F2N3O2S2.